The number of furan rings is 1. The minimum absolute atomic E-state index is 0.0810. The third-order valence-electron chi connectivity index (χ3n) is 6.79. The van der Waals surface area contributed by atoms with E-state index in [0.717, 1.165) is 5.39 Å². The van der Waals surface area contributed by atoms with Gasteiger partial charge < -0.3 is 29.8 Å². The van der Waals surface area contributed by atoms with Crippen molar-refractivity contribution >= 4 is 32.8 Å². The number of hydrogen-bond acceptors (Lipinski definition) is 8. The standard InChI is InChI=1S/C26H36N4O7S/c1-16(2)12-20(28-25(33)23-13-18-8-5-6-10-22(18)37-23)24(32)27-19-9-7-11-30(14-21(19)31)38(34,35)26-17(3)36-15-29(26)4/h5-6,8,10,13,16,19-21,31H,7,9,11-12,14-15H2,1-4H3,(H,27,32)(H,28,33)/t19?,20-,21?/m0/s1. The Hall–Kier alpha value is -3.09. The maximum atomic E-state index is 13.3. The summed E-state index contributed by atoms with van der Waals surface area (Å²) in [5, 5.41) is 17.4. The number of nitrogens with zero attached hydrogens (tertiary/aromatic N) is 2. The van der Waals surface area contributed by atoms with Gasteiger partial charge in [0, 0.05) is 25.5 Å². The van der Waals surface area contributed by atoms with Gasteiger partial charge in [-0.2, -0.15) is 4.31 Å². The van der Waals surface area contributed by atoms with Crippen molar-refractivity contribution in [1.82, 2.24) is 19.8 Å². The minimum Gasteiger partial charge on any atom is -0.475 e. The molecule has 0 aliphatic carbocycles. The molecule has 2 aliphatic rings. The van der Waals surface area contributed by atoms with E-state index in [1.807, 2.05) is 32.0 Å². The van der Waals surface area contributed by atoms with Gasteiger partial charge in [-0.1, -0.05) is 32.0 Å². The largest absolute Gasteiger partial charge is 0.475 e. The van der Waals surface area contributed by atoms with Crippen molar-refractivity contribution in [1.29, 1.82) is 0 Å². The number of β-amino-alcohol motifs (C(OH)–C–C–N with tert-alkyl or cyclic N) is 1. The summed E-state index contributed by atoms with van der Waals surface area (Å²) in [6, 6.07) is 7.35. The molecule has 0 spiro atoms. The number of nitrogens with one attached hydrogen (secondary N) is 2. The van der Waals surface area contributed by atoms with Crippen LogP contribution in [0, 0.1) is 5.92 Å². The number of carbonyl (C=O) groups is 2. The molecule has 1 saturated heterocycles. The summed E-state index contributed by atoms with van der Waals surface area (Å²) < 4.78 is 38.8. The molecule has 3 N–H and O–H groups in total. The number of benzene rings is 1. The Morgan fingerprint density at radius 1 is 1.24 bits per heavy atom. The van der Waals surface area contributed by atoms with Gasteiger partial charge in [-0.3, -0.25) is 9.59 Å². The second-order valence-electron chi connectivity index (χ2n) is 10.3. The van der Waals surface area contributed by atoms with E-state index in [-0.39, 0.29) is 36.5 Å². The van der Waals surface area contributed by atoms with Crippen LogP contribution < -0.4 is 10.6 Å². The molecule has 0 bridgehead atoms. The SMILES string of the molecule is CC1=C(S(=O)(=O)N2CCCC(NC(=O)[C@H](CC(C)C)NC(=O)c3cc4ccccc4o3)C(O)C2)N(C)CO1. The van der Waals surface area contributed by atoms with Crippen LogP contribution in [0.2, 0.25) is 0 Å². The second kappa shape index (κ2) is 11.3. The van der Waals surface area contributed by atoms with Crippen molar-refractivity contribution in [3.8, 4) is 0 Å². The fourth-order valence-corrected chi connectivity index (χ4v) is 6.72. The molecule has 0 radical (unpaired) electrons. The topological polar surface area (TPSA) is 141 Å². The van der Waals surface area contributed by atoms with Crippen molar-refractivity contribution in [2.45, 2.75) is 58.2 Å². The summed E-state index contributed by atoms with van der Waals surface area (Å²) in [6.07, 6.45) is 0.0737. The minimum atomic E-state index is -3.88. The van der Waals surface area contributed by atoms with Crippen LogP contribution in [0.4, 0.5) is 0 Å². The Kier molecular flexibility index (Phi) is 8.34. The maximum absolute atomic E-state index is 13.3. The van der Waals surface area contributed by atoms with E-state index in [1.165, 1.54) is 9.21 Å². The summed E-state index contributed by atoms with van der Waals surface area (Å²) >= 11 is 0. The Morgan fingerprint density at radius 2 is 1.97 bits per heavy atom. The van der Waals surface area contributed by atoms with Crippen molar-refractivity contribution in [3.05, 3.63) is 46.9 Å². The molecule has 2 unspecified atom stereocenters. The normalized spacial score (nSPS) is 21.9. The molecular weight excluding hydrogens is 512 g/mol. The molecular formula is C26H36N4O7S. The van der Waals surface area contributed by atoms with E-state index in [0.29, 0.717) is 30.6 Å². The van der Waals surface area contributed by atoms with Crippen LogP contribution in [0.15, 0.2) is 45.5 Å². The molecule has 0 saturated carbocycles. The number of carbonyl (C=O) groups excluding carboxylic acids is 2. The summed E-state index contributed by atoms with van der Waals surface area (Å²) in [7, 11) is -2.25. The summed E-state index contributed by atoms with van der Waals surface area (Å²) in [5.41, 5.74) is 0.574. The molecule has 208 valence electrons. The predicted molar refractivity (Wildman–Crippen MR) is 141 cm³/mol. The molecule has 2 aliphatic heterocycles. The molecule has 1 fully saturated rings. The highest BCUT2D eigenvalue weighted by Gasteiger charge is 2.39. The zero-order chi connectivity index (χ0) is 27.6. The number of allylic oxidation sites excluding steroid dienone is 1. The first-order chi connectivity index (χ1) is 18.0. The first-order valence-corrected chi connectivity index (χ1v) is 14.2. The Morgan fingerprint density at radius 3 is 2.63 bits per heavy atom. The number of hydrogen-bond donors (Lipinski definition) is 3. The van der Waals surface area contributed by atoms with E-state index in [1.54, 1.807) is 26.1 Å². The Labute approximate surface area is 222 Å². The van der Waals surface area contributed by atoms with E-state index in [4.69, 9.17) is 9.15 Å². The second-order valence-corrected chi connectivity index (χ2v) is 12.2. The molecule has 1 aromatic carbocycles. The first kappa shape index (κ1) is 27.9. The zero-order valence-corrected chi connectivity index (χ0v) is 23.0. The third-order valence-corrected chi connectivity index (χ3v) is 8.89. The van der Waals surface area contributed by atoms with E-state index in [9.17, 15) is 23.1 Å². The highest BCUT2D eigenvalue weighted by Crippen LogP contribution is 2.28. The summed E-state index contributed by atoms with van der Waals surface area (Å²) in [5.74, 6) is -0.428. The van der Waals surface area contributed by atoms with Crippen LogP contribution >= 0.6 is 0 Å². The van der Waals surface area contributed by atoms with Crippen molar-refractivity contribution in [3.63, 3.8) is 0 Å². The van der Waals surface area contributed by atoms with Crippen LogP contribution in [0.5, 0.6) is 0 Å². The van der Waals surface area contributed by atoms with Crippen LogP contribution in [-0.4, -0.2) is 79.6 Å². The molecule has 12 heteroatoms. The van der Waals surface area contributed by atoms with E-state index >= 15 is 0 Å². The number of fused-ring (bicyclic) bond motifs is 1. The quantitative estimate of drug-likeness (QED) is 0.455. The number of aliphatic hydroxyl groups is 1. The molecule has 3 heterocycles. The lowest BCUT2D eigenvalue weighted by atomic mass is 10.0. The van der Waals surface area contributed by atoms with E-state index < -0.39 is 40.0 Å². The number of aliphatic hydroxyl groups excluding tert-OH is 1. The monoisotopic (exact) mass is 548 g/mol. The summed E-state index contributed by atoms with van der Waals surface area (Å²) in [6.45, 7) is 5.66. The molecule has 3 atom stereocenters. The lowest BCUT2D eigenvalue weighted by molar-refractivity contribution is -0.125. The molecule has 38 heavy (non-hydrogen) atoms. The maximum Gasteiger partial charge on any atom is 0.287 e. The van der Waals surface area contributed by atoms with Gasteiger partial charge in [-0.15, -0.1) is 0 Å². The predicted octanol–water partition coefficient (Wildman–Crippen LogP) is 1.96. The van der Waals surface area contributed by atoms with Gasteiger partial charge in [0.05, 0.1) is 12.1 Å². The smallest absolute Gasteiger partial charge is 0.287 e. The lowest BCUT2D eigenvalue weighted by Gasteiger charge is -2.28. The van der Waals surface area contributed by atoms with Crippen LogP contribution in [0.25, 0.3) is 11.0 Å². The first-order valence-electron chi connectivity index (χ1n) is 12.8. The fourth-order valence-electron chi connectivity index (χ4n) is 4.89. The summed E-state index contributed by atoms with van der Waals surface area (Å²) in [4.78, 5) is 27.7. The van der Waals surface area contributed by atoms with Gasteiger partial charge in [0.2, 0.25) is 5.91 Å². The van der Waals surface area contributed by atoms with Crippen LogP contribution in [0.1, 0.15) is 50.6 Å². The van der Waals surface area contributed by atoms with E-state index in [2.05, 4.69) is 10.6 Å². The van der Waals surface area contributed by atoms with Gasteiger partial charge in [0.1, 0.15) is 17.4 Å². The third kappa shape index (κ3) is 5.97. The molecule has 2 aromatic rings. The van der Waals surface area contributed by atoms with Crippen molar-refractivity contribution in [2.24, 2.45) is 5.92 Å². The Balaban J connectivity index is 1.44. The number of para-hydroxylation sites is 1. The number of sulfonamides is 1. The molecule has 2 amide bonds. The zero-order valence-electron chi connectivity index (χ0n) is 22.1. The molecule has 11 nitrogen and oxygen atoms in total. The molecule has 1 aromatic heterocycles. The highest BCUT2D eigenvalue weighted by atomic mass is 32.2. The van der Waals surface area contributed by atoms with Gasteiger partial charge in [0.15, 0.2) is 17.5 Å². The number of ether oxygens (including phenoxy) is 1. The van der Waals surface area contributed by atoms with Crippen molar-refractivity contribution < 1.29 is 32.3 Å². The van der Waals surface area contributed by atoms with Crippen LogP contribution in [-0.2, 0) is 19.6 Å². The molecule has 4 rings (SSSR count). The van der Waals surface area contributed by atoms with Gasteiger partial charge >= 0.3 is 0 Å². The Bertz CT molecular complexity index is 1290. The fraction of sp³-hybridized carbons (Fsp3) is 0.538. The lowest BCUT2D eigenvalue weighted by Crippen LogP contribution is -2.54. The van der Waals surface area contributed by atoms with Crippen LogP contribution in [0.3, 0.4) is 0 Å². The average molecular weight is 549 g/mol. The van der Waals surface area contributed by atoms with Gasteiger partial charge in [-0.25, -0.2) is 8.42 Å². The van der Waals surface area contributed by atoms with Crippen molar-refractivity contribution in [2.75, 3.05) is 26.9 Å². The average Bonchev–Trinajstić information content (AvgIpc) is 3.38. The highest BCUT2D eigenvalue weighted by molar-refractivity contribution is 7.92. The van der Waals surface area contributed by atoms with Gasteiger partial charge in [-0.05, 0) is 44.2 Å². The number of amides is 2. The number of rotatable bonds is 8. The van der Waals surface area contributed by atoms with Gasteiger partial charge in [0.25, 0.3) is 15.9 Å².